The normalized spacial score (nSPS) is 13.8. The first-order chi connectivity index (χ1) is 18.7. The molecule has 7 nitrogen and oxygen atoms in total. The third-order valence-electron chi connectivity index (χ3n) is 5.64. The molecule has 220 valence electrons. The van der Waals surface area contributed by atoms with Crippen molar-refractivity contribution >= 4 is 35.0 Å². The van der Waals surface area contributed by atoms with Crippen molar-refractivity contribution in [1.29, 1.82) is 0 Å². The number of aliphatic hydroxyl groups is 1. The molecule has 1 N–H and O–H groups in total. The highest BCUT2D eigenvalue weighted by atomic mass is 35.5. The van der Waals surface area contributed by atoms with Crippen molar-refractivity contribution in [3.63, 3.8) is 0 Å². The van der Waals surface area contributed by atoms with Crippen LogP contribution in [0.1, 0.15) is 65.3 Å². The molecule has 0 spiro atoms. The number of halogens is 1. The van der Waals surface area contributed by atoms with Gasteiger partial charge in [0.2, 0.25) is 5.91 Å². The van der Waals surface area contributed by atoms with Gasteiger partial charge in [-0.3, -0.25) is 14.6 Å². The van der Waals surface area contributed by atoms with Crippen LogP contribution >= 0.6 is 23.4 Å². The summed E-state index contributed by atoms with van der Waals surface area (Å²) in [5.74, 6) is 1.44. The van der Waals surface area contributed by atoms with Crippen LogP contribution in [0.3, 0.4) is 0 Å². The third-order valence-corrected chi connectivity index (χ3v) is 7.14. The van der Waals surface area contributed by atoms with Crippen LogP contribution in [-0.4, -0.2) is 69.1 Å². The Morgan fingerprint density at radius 3 is 2.33 bits per heavy atom. The molecule has 0 saturated heterocycles. The number of carbonyl (C=O) groups is 1. The van der Waals surface area contributed by atoms with E-state index in [1.807, 2.05) is 36.4 Å². The van der Waals surface area contributed by atoms with Gasteiger partial charge in [0, 0.05) is 55.3 Å². The highest BCUT2D eigenvalue weighted by molar-refractivity contribution is 8.00. The number of aliphatic hydroxyl groups excluding tert-OH is 1. The zero-order valence-corrected chi connectivity index (χ0v) is 26.4. The van der Waals surface area contributed by atoms with Gasteiger partial charge in [-0.2, -0.15) is 0 Å². The lowest BCUT2D eigenvalue weighted by atomic mass is 10.1. The Labute approximate surface area is 244 Å². The minimum Gasteiger partial charge on any atom is -0.497 e. The number of benzene rings is 2. The largest absolute Gasteiger partial charge is 0.497 e. The van der Waals surface area contributed by atoms with Crippen molar-refractivity contribution in [2.75, 3.05) is 52.0 Å². The second-order valence-corrected chi connectivity index (χ2v) is 10.8. The van der Waals surface area contributed by atoms with E-state index in [9.17, 15) is 4.79 Å². The summed E-state index contributed by atoms with van der Waals surface area (Å²) < 4.78 is 16.9. The Balaban J connectivity index is 0.00000116. The fourth-order valence-corrected chi connectivity index (χ4v) is 5.52. The van der Waals surface area contributed by atoms with Crippen LogP contribution in [0.5, 0.6) is 11.5 Å². The van der Waals surface area contributed by atoms with Crippen molar-refractivity contribution in [3.05, 3.63) is 47.0 Å². The summed E-state index contributed by atoms with van der Waals surface area (Å²) in [5, 5.41) is 7.96. The summed E-state index contributed by atoms with van der Waals surface area (Å²) in [5.41, 5.74) is 1.77. The molecular weight excluding hydrogens is 536 g/mol. The zero-order valence-electron chi connectivity index (χ0n) is 24.8. The van der Waals surface area contributed by atoms with Gasteiger partial charge in [0.25, 0.3) is 0 Å². The van der Waals surface area contributed by atoms with Crippen molar-refractivity contribution in [1.82, 2.24) is 4.90 Å². The molecule has 39 heavy (non-hydrogen) atoms. The van der Waals surface area contributed by atoms with Crippen LogP contribution in [0.2, 0.25) is 5.02 Å². The number of thioether (sulfide) groups is 1. The number of hydrogen-bond acceptors (Lipinski definition) is 7. The summed E-state index contributed by atoms with van der Waals surface area (Å²) in [4.78, 5) is 17.8. The topological polar surface area (TPSA) is 71.5 Å². The number of methoxy groups -OCH3 is 2. The zero-order chi connectivity index (χ0) is 29.4. The third kappa shape index (κ3) is 11.2. The Hall–Kier alpha value is -1.97. The average Bonchev–Trinajstić information content (AvgIpc) is 3.27. The van der Waals surface area contributed by atoms with Crippen LogP contribution in [0, 0.1) is 0 Å². The van der Waals surface area contributed by atoms with Crippen molar-refractivity contribution < 1.29 is 24.1 Å². The molecule has 1 aliphatic rings. The molecular formula is C30H47ClN2O5S. The number of nitrogens with zero attached hydrogens (tertiary/aromatic N) is 2. The molecule has 1 atom stereocenters. The monoisotopic (exact) mass is 582 g/mol. The first kappa shape index (κ1) is 35.1. The number of hydrogen-bond donors (Lipinski definition) is 1. The maximum absolute atomic E-state index is 12.6. The molecule has 0 radical (unpaired) electrons. The van der Waals surface area contributed by atoms with Crippen molar-refractivity contribution in [2.45, 2.75) is 70.7 Å². The van der Waals surface area contributed by atoms with E-state index in [2.05, 4.69) is 32.6 Å². The predicted octanol–water partition coefficient (Wildman–Crippen LogP) is 7.05. The van der Waals surface area contributed by atoms with E-state index in [0.717, 1.165) is 47.2 Å². The summed E-state index contributed by atoms with van der Waals surface area (Å²) >= 11 is 7.81. The molecule has 0 bridgehead atoms. The van der Waals surface area contributed by atoms with E-state index >= 15 is 0 Å². The number of amides is 1. The molecule has 0 aliphatic carbocycles. The van der Waals surface area contributed by atoms with E-state index in [1.54, 1.807) is 44.7 Å². The fourth-order valence-electron chi connectivity index (χ4n) is 3.88. The van der Waals surface area contributed by atoms with E-state index < -0.39 is 0 Å². The van der Waals surface area contributed by atoms with E-state index in [4.69, 9.17) is 30.9 Å². The minimum atomic E-state index is -0.255. The molecule has 2 aromatic rings. The molecule has 0 saturated carbocycles. The molecule has 1 unspecified atom stereocenters. The SMILES string of the molecule is CCC.CCO.COCCN(CCCOc1ccc(OC)cc1C1Sc2cc(Cl)ccc2N1C(C)=O)C(C)C. The van der Waals surface area contributed by atoms with Gasteiger partial charge < -0.3 is 19.3 Å². The van der Waals surface area contributed by atoms with Crippen LogP contribution < -0.4 is 14.4 Å². The van der Waals surface area contributed by atoms with E-state index in [0.29, 0.717) is 24.3 Å². The quantitative estimate of drug-likeness (QED) is 0.285. The van der Waals surface area contributed by atoms with Crippen LogP contribution in [0.15, 0.2) is 41.3 Å². The molecule has 0 aromatic heterocycles. The number of rotatable bonds is 11. The molecule has 0 fully saturated rings. The number of carbonyl (C=O) groups excluding carboxylic acids is 1. The van der Waals surface area contributed by atoms with Crippen LogP contribution in [0.25, 0.3) is 0 Å². The number of fused-ring (bicyclic) bond motifs is 1. The van der Waals surface area contributed by atoms with Gasteiger partial charge >= 0.3 is 0 Å². The second-order valence-electron chi connectivity index (χ2n) is 9.22. The lowest BCUT2D eigenvalue weighted by Gasteiger charge is -2.27. The van der Waals surface area contributed by atoms with Gasteiger partial charge in [0.15, 0.2) is 0 Å². The molecule has 3 rings (SSSR count). The average molecular weight is 583 g/mol. The van der Waals surface area contributed by atoms with Gasteiger partial charge in [0.1, 0.15) is 16.9 Å². The number of anilines is 1. The highest BCUT2D eigenvalue weighted by Crippen LogP contribution is 2.54. The first-order valence-electron chi connectivity index (χ1n) is 13.6. The molecule has 1 amide bonds. The second kappa shape index (κ2) is 19.2. The fraction of sp³-hybridized carbons (Fsp3) is 0.567. The molecule has 2 aromatic carbocycles. The van der Waals surface area contributed by atoms with E-state index in [1.165, 1.54) is 6.42 Å². The predicted molar refractivity (Wildman–Crippen MR) is 164 cm³/mol. The van der Waals surface area contributed by atoms with Crippen LogP contribution in [0.4, 0.5) is 5.69 Å². The summed E-state index contributed by atoms with van der Waals surface area (Å²) in [6, 6.07) is 11.8. The highest BCUT2D eigenvalue weighted by Gasteiger charge is 2.36. The minimum absolute atomic E-state index is 0.0342. The smallest absolute Gasteiger partial charge is 0.225 e. The van der Waals surface area contributed by atoms with Gasteiger partial charge in [0.05, 0.1) is 26.0 Å². The van der Waals surface area contributed by atoms with Gasteiger partial charge in [-0.05, 0) is 63.6 Å². The number of ether oxygens (including phenoxy) is 3. The lowest BCUT2D eigenvalue weighted by Crippen LogP contribution is -2.35. The van der Waals surface area contributed by atoms with E-state index in [-0.39, 0.29) is 17.9 Å². The van der Waals surface area contributed by atoms with Crippen molar-refractivity contribution in [2.24, 2.45) is 0 Å². The molecule has 1 heterocycles. The Kier molecular flexibility index (Phi) is 17.2. The van der Waals surface area contributed by atoms with Crippen molar-refractivity contribution in [3.8, 4) is 11.5 Å². The van der Waals surface area contributed by atoms with Gasteiger partial charge in [-0.15, -0.1) is 0 Å². The summed E-state index contributed by atoms with van der Waals surface area (Å²) in [6.07, 6.45) is 2.14. The van der Waals surface area contributed by atoms with Crippen LogP contribution in [-0.2, 0) is 9.53 Å². The maximum Gasteiger partial charge on any atom is 0.225 e. The summed E-state index contributed by atoms with van der Waals surface area (Å²) in [7, 11) is 3.36. The Morgan fingerprint density at radius 2 is 1.77 bits per heavy atom. The maximum atomic E-state index is 12.6. The van der Waals surface area contributed by atoms with Gasteiger partial charge in [-0.25, -0.2) is 0 Å². The first-order valence-corrected chi connectivity index (χ1v) is 14.8. The summed E-state index contributed by atoms with van der Waals surface area (Å²) in [6.45, 7) is 15.3. The molecule has 1 aliphatic heterocycles. The van der Waals surface area contributed by atoms with Gasteiger partial charge in [-0.1, -0.05) is 43.6 Å². The molecule has 9 heteroatoms. The Morgan fingerprint density at radius 1 is 1.10 bits per heavy atom. The Bertz CT molecular complexity index is 990. The standard InChI is InChI=1S/C25H33ClN2O4S.C3H8.C2H6O/c1-17(2)27(12-14-30-4)11-6-13-32-23-10-8-20(31-5)16-21(23)25-28(18(3)29)22-9-7-19(26)15-24(22)33-25;1-3-2;1-2-3/h7-10,15-17,25H,6,11-14H2,1-5H3;3H2,1-2H3;3H,2H2,1H3. The lowest BCUT2D eigenvalue weighted by molar-refractivity contribution is -0.116.